The van der Waals surface area contributed by atoms with Crippen molar-refractivity contribution < 1.29 is 13.2 Å². The SMILES string of the molecule is CC(C)OCCN(C)S(=O)(=O)c1cccc2c1CCCN2. The van der Waals surface area contributed by atoms with Gasteiger partial charge in [0.1, 0.15) is 0 Å². The number of likely N-dealkylation sites (N-methyl/N-ethyl adjacent to an activating group) is 1. The Balaban J connectivity index is 2.19. The molecule has 118 valence electrons. The van der Waals surface area contributed by atoms with Gasteiger partial charge in [0.05, 0.1) is 17.6 Å². The van der Waals surface area contributed by atoms with E-state index in [-0.39, 0.29) is 6.10 Å². The Hall–Kier alpha value is -1.11. The molecule has 1 heterocycles. The molecule has 2 rings (SSSR count). The zero-order valence-electron chi connectivity index (χ0n) is 12.9. The van der Waals surface area contributed by atoms with Gasteiger partial charge in [-0.3, -0.25) is 0 Å². The van der Waals surface area contributed by atoms with Gasteiger partial charge in [-0.2, -0.15) is 4.31 Å². The van der Waals surface area contributed by atoms with Crippen LogP contribution in [0.25, 0.3) is 0 Å². The van der Waals surface area contributed by atoms with Gasteiger partial charge in [0.2, 0.25) is 10.0 Å². The van der Waals surface area contributed by atoms with Crippen LogP contribution in [0.1, 0.15) is 25.8 Å². The van der Waals surface area contributed by atoms with Gasteiger partial charge in [0.15, 0.2) is 0 Å². The molecule has 5 nitrogen and oxygen atoms in total. The first-order chi connectivity index (χ1) is 9.93. The van der Waals surface area contributed by atoms with E-state index < -0.39 is 10.0 Å². The fraction of sp³-hybridized carbons (Fsp3) is 0.600. The van der Waals surface area contributed by atoms with Crippen molar-refractivity contribution >= 4 is 15.7 Å². The molecule has 0 saturated heterocycles. The summed E-state index contributed by atoms with van der Waals surface area (Å²) >= 11 is 0. The Labute approximate surface area is 127 Å². The number of ether oxygens (including phenoxy) is 1. The van der Waals surface area contributed by atoms with Crippen LogP contribution in [0.15, 0.2) is 23.1 Å². The highest BCUT2D eigenvalue weighted by molar-refractivity contribution is 7.89. The molecular weight excluding hydrogens is 288 g/mol. The van der Waals surface area contributed by atoms with E-state index in [0.717, 1.165) is 30.6 Å². The number of hydrogen-bond acceptors (Lipinski definition) is 4. The summed E-state index contributed by atoms with van der Waals surface area (Å²) in [6.07, 6.45) is 1.86. The maximum absolute atomic E-state index is 12.7. The molecule has 0 spiro atoms. The smallest absolute Gasteiger partial charge is 0.243 e. The first-order valence-electron chi connectivity index (χ1n) is 7.36. The Morgan fingerprint density at radius 2 is 2.14 bits per heavy atom. The molecule has 1 aromatic rings. The van der Waals surface area contributed by atoms with E-state index in [1.807, 2.05) is 19.9 Å². The Bertz CT molecular complexity index is 585. The minimum atomic E-state index is -3.47. The van der Waals surface area contributed by atoms with Gasteiger partial charge < -0.3 is 10.1 Å². The van der Waals surface area contributed by atoms with Crippen molar-refractivity contribution in [3.8, 4) is 0 Å². The number of nitrogens with one attached hydrogen (secondary N) is 1. The van der Waals surface area contributed by atoms with Crippen LogP contribution in [0.3, 0.4) is 0 Å². The second-order valence-electron chi connectivity index (χ2n) is 5.56. The van der Waals surface area contributed by atoms with Crippen LogP contribution in [0, 0.1) is 0 Å². The van der Waals surface area contributed by atoms with E-state index in [9.17, 15) is 8.42 Å². The summed E-state index contributed by atoms with van der Waals surface area (Å²) in [6, 6.07) is 5.43. The molecule has 0 unspecified atom stereocenters. The minimum Gasteiger partial charge on any atom is -0.385 e. The van der Waals surface area contributed by atoms with Crippen LogP contribution in [-0.4, -0.2) is 45.6 Å². The van der Waals surface area contributed by atoms with Crippen LogP contribution >= 0.6 is 0 Å². The highest BCUT2D eigenvalue weighted by Gasteiger charge is 2.26. The molecule has 0 bridgehead atoms. The lowest BCUT2D eigenvalue weighted by atomic mass is 10.0. The van der Waals surface area contributed by atoms with Crippen LogP contribution in [0.5, 0.6) is 0 Å². The number of sulfonamides is 1. The molecule has 0 aliphatic carbocycles. The van der Waals surface area contributed by atoms with Gasteiger partial charge >= 0.3 is 0 Å². The topological polar surface area (TPSA) is 58.6 Å². The Morgan fingerprint density at radius 1 is 1.38 bits per heavy atom. The van der Waals surface area contributed by atoms with E-state index in [2.05, 4.69) is 5.32 Å². The quantitative estimate of drug-likeness (QED) is 0.874. The summed E-state index contributed by atoms with van der Waals surface area (Å²) in [5, 5.41) is 3.26. The van der Waals surface area contributed by atoms with Crippen molar-refractivity contribution in [2.24, 2.45) is 0 Å². The fourth-order valence-corrected chi connectivity index (χ4v) is 3.85. The average molecular weight is 312 g/mol. The first-order valence-corrected chi connectivity index (χ1v) is 8.80. The molecule has 1 N–H and O–H groups in total. The maximum atomic E-state index is 12.7. The molecule has 0 atom stereocenters. The van der Waals surface area contributed by atoms with Crippen molar-refractivity contribution in [2.45, 2.75) is 37.7 Å². The number of anilines is 1. The zero-order chi connectivity index (χ0) is 15.5. The maximum Gasteiger partial charge on any atom is 0.243 e. The predicted molar refractivity (Wildman–Crippen MR) is 84.2 cm³/mol. The van der Waals surface area contributed by atoms with Gasteiger partial charge in [-0.25, -0.2) is 8.42 Å². The molecule has 1 aliphatic heterocycles. The van der Waals surface area contributed by atoms with Gasteiger partial charge in [-0.05, 0) is 44.4 Å². The van der Waals surface area contributed by atoms with E-state index in [0.29, 0.717) is 18.0 Å². The van der Waals surface area contributed by atoms with Gasteiger partial charge in [-0.15, -0.1) is 0 Å². The average Bonchev–Trinajstić information content (AvgIpc) is 2.46. The Kier molecular flexibility index (Phi) is 5.24. The van der Waals surface area contributed by atoms with E-state index in [1.165, 1.54) is 4.31 Å². The second-order valence-corrected chi connectivity index (χ2v) is 7.57. The normalized spacial score (nSPS) is 15.1. The van der Waals surface area contributed by atoms with E-state index >= 15 is 0 Å². The number of fused-ring (bicyclic) bond motifs is 1. The lowest BCUT2D eigenvalue weighted by molar-refractivity contribution is 0.0737. The molecule has 0 radical (unpaired) electrons. The van der Waals surface area contributed by atoms with Crippen molar-refractivity contribution in [1.82, 2.24) is 4.31 Å². The number of nitrogens with zero attached hydrogens (tertiary/aromatic N) is 1. The summed E-state index contributed by atoms with van der Waals surface area (Å²) < 4.78 is 32.3. The van der Waals surface area contributed by atoms with Crippen LogP contribution in [0.4, 0.5) is 5.69 Å². The van der Waals surface area contributed by atoms with Crippen molar-refractivity contribution in [2.75, 3.05) is 32.1 Å². The summed E-state index contributed by atoms with van der Waals surface area (Å²) in [5.41, 5.74) is 1.84. The predicted octanol–water partition coefficient (Wildman–Crippen LogP) is 2.09. The van der Waals surface area contributed by atoms with E-state index in [4.69, 9.17) is 4.74 Å². The molecule has 0 aromatic heterocycles. The van der Waals surface area contributed by atoms with Crippen LogP contribution in [-0.2, 0) is 21.2 Å². The van der Waals surface area contributed by atoms with E-state index in [1.54, 1.807) is 19.2 Å². The lowest BCUT2D eigenvalue weighted by Crippen LogP contribution is -2.32. The third-order valence-electron chi connectivity index (χ3n) is 3.60. The third-order valence-corrected chi connectivity index (χ3v) is 5.54. The largest absolute Gasteiger partial charge is 0.385 e. The van der Waals surface area contributed by atoms with Gasteiger partial charge in [0, 0.05) is 25.8 Å². The molecule has 21 heavy (non-hydrogen) atoms. The summed E-state index contributed by atoms with van der Waals surface area (Å²) in [6.45, 7) is 5.54. The number of hydrogen-bond donors (Lipinski definition) is 1. The third kappa shape index (κ3) is 3.75. The van der Waals surface area contributed by atoms with Crippen molar-refractivity contribution in [3.05, 3.63) is 23.8 Å². The lowest BCUT2D eigenvalue weighted by Gasteiger charge is -2.24. The van der Waals surface area contributed by atoms with Crippen LogP contribution in [0.2, 0.25) is 0 Å². The van der Waals surface area contributed by atoms with Gasteiger partial charge in [0.25, 0.3) is 0 Å². The summed E-state index contributed by atoms with van der Waals surface area (Å²) in [7, 11) is -1.86. The van der Waals surface area contributed by atoms with Crippen LogP contribution < -0.4 is 5.32 Å². The Morgan fingerprint density at radius 3 is 2.86 bits per heavy atom. The zero-order valence-corrected chi connectivity index (χ0v) is 13.7. The molecule has 0 amide bonds. The molecule has 0 fully saturated rings. The molecular formula is C15H24N2O3S. The number of benzene rings is 1. The highest BCUT2D eigenvalue weighted by Crippen LogP contribution is 2.29. The van der Waals surface area contributed by atoms with Gasteiger partial charge in [-0.1, -0.05) is 6.07 Å². The van der Waals surface area contributed by atoms with Crippen molar-refractivity contribution in [1.29, 1.82) is 0 Å². The number of rotatable bonds is 6. The molecule has 1 aliphatic rings. The molecule has 0 saturated carbocycles. The molecule has 6 heteroatoms. The summed E-state index contributed by atoms with van der Waals surface area (Å²) in [4.78, 5) is 0.416. The monoisotopic (exact) mass is 312 g/mol. The first kappa shape index (κ1) is 16.3. The minimum absolute atomic E-state index is 0.106. The second kappa shape index (κ2) is 6.77. The fourth-order valence-electron chi connectivity index (χ4n) is 2.42. The van der Waals surface area contributed by atoms with Crippen molar-refractivity contribution in [3.63, 3.8) is 0 Å². The molecule has 1 aromatic carbocycles. The standard InChI is InChI=1S/C15H24N2O3S/c1-12(2)20-11-10-17(3)21(18,19)15-8-4-7-14-13(15)6-5-9-16-14/h4,7-8,12,16H,5-6,9-11H2,1-3H3. The highest BCUT2D eigenvalue weighted by atomic mass is 32.2. The summed E-state index contributed by atoms with van der Waals surface area (Å²) in [5.74, 6) is 0.